The van der Waals surface area contributed by atoms with Crippen molar-refractivity contribution in [1.29, 1.82) is 0 Å². The van der Waals surface area contributed by atoms with E-state index in [4.69, 9.17) is 24.7 Å². The molecule has 0 saturated carbocycles. The smallest absolute Gasteiger partial charge is 0.385 e. The number of urea groups is 1. The molecule has 2 aliphatic rings. The number of rotatable bonds is 23. The number of terminal acetylenes is 1. The van der Waals surface area contributed by atoms with Crippen LogP contribution >= 0.6 is 11.8 Å². The van der Waals surface area contributed by atoms with Gasteiger partial charge in [0.15, 0.2) is 0 Å². The van der Waals surface area contributed by atoms with E-state index in [1.165, 1.54) is 0 Å². The molecule has 3 atom stereocenters. The molecule has 0 unspecified atom stereocenters. The van der Waals surface area contributed by atoms with Crippen molar-refractivity contribution in [2.45, 2.75) is 81.7 Å². The normalized spacial score (nSPS) is 18.7. The van der Waals surface area contributed by atoms with Crippen LogP contribution in [0.1, 0.15) is 58.8 Å². The van der Waals surface area contributed by atoms with E-state index in [9.17, 15) is 14.4 Å². The Bertz CT molecular complexity index is 1340. The van der Waals surface area contributed by atoms with Crippen molar-refractivity contribution in [3.05, 3.63) is 60.7 Å². The Morgan fingerprint density at radius 1 is 0.918 bits per heavy atom. The first-order chi connectivity index (χ1) is 23.7. The summed E-state index contributed by atoms with van der Waals surface area (Å²) in [7, 11) is -3.24. The van der Waals surface area contributed by atoms with Gasteiger partial charge in [-0.05, 0) is 43.5 Å². The first kappa shape index (κ1) is 38.6. The molecule has 2 aromatic rings. The number of ether oxygens (including phenoxy) is 2. The third kappa shape index (κ3) is 12.3. The number of hydrogen-bond donors (Lipinski definition) is 3. The highest BCUT2D eigenvalue weighted by molar-refractivity contribution is 8.00. The molecule has 2 saturated heterocycles. The molecule has 3 amide bonds. The summed E-state index contributed by atoms with van der Waals surface area (Å²) >= 11 is 1.90. The lowest BCUT2D eigenvalue weighted by Crippen LogP contribution is -2.67. The van der Waals surface area contributed by atoms with Crippen LogP contribution in [0, 0.1) is 12.3 Å². The summed E-state index contributed by atoms with van der Waals surface area (Å²) in [6, 6.07) is 20.2. The minimum atomic E-state index is -3.24. The van der Waals surface area contributed by atoms with E-state index in [0.717, 1.165) is 35.4 Å². The van der Waals surface area contributed by atoms with Crippen molar-refractivity contribution in [1.82, 2.24) is 16.0 Å². The van der Waals surface area contributed by atoms with Gasteiger partial charge in [-0.1, -0.05) is 73.0 Å². The number of unbranched alkanes of at least 4 members (excludes halogenated alkanes) is 1. The average Bonchev–Trinajstić information content (AvgIpc) is 3.66. The Morgan fingerprint density at radius 3 is 2.31 bits per heavy atom. The van der Waals surface area contributed by atoms with Crippen LogP contribution in [-0.2, 0) is 27.9 Å². The zero-order valence-corrected chi connectivity index (χ0v) is 30.6. The molecule has 2 fully saturated rings. The Morgan fingerprint density at radius 2 is 1.61 bits per heavy atom. The second-order valence-corrected chi connectivity index (χ2v) is 17.1. The summed E-state index contributed by atoms with van der Waals surface area (Å²) in [5.41, 5.74) is -0.767. The van der Waals surface area contributed by atoms with Crippen molar-refractivity contribution < 1.29 is 32.7 Å². The Kier molecular flexibility index (Phi) is 15.7. The molecule has 12 heteroatoms. The van der Waals surface area contributed by atoms with Gasteiger partial charge in [-0.2, -0.15) is 11.8 Å². The molecule has 2 aliphatic heterocycles. The van der Waals surface area contributed by atoms with Crippen LogP contribution in [0.2, 0.25) is 0 Å². The maximum atomic E-state index is 12.7. The fourth-order valence-electron chi connectivity index (χ4n) is 6.07. The van der Waals surface area contributed by atoms with Crippen molar-refractivity contribution in [3.8, 4) is 12.3 Å². The molecule has 0 radical (unpaired) electrons. The summed E-state index contributed by atoms with van der Waals surface area (Å²) < 4.78 is 24.7. The number of fused-ring (bicyclic) bond motifs is 1. The van der Waals surface area contributed by atoms with E-state index in [0.29, 0.717) is 44.3 Å². The zero-order valence-electron chi connectivity index (χ0n) is 28.7. The van der Waals surface area contributed by atoms with E-state index >= 15 is 0 Å². The van der Waals surface area contributed by atoms with Gasteiger partial charge in [0.2, 0.25) is 5.91 Å². The topological polar surface area (TPSA) is 124 Å². The van der Waals surface area contributed by atoms with Crippen LogP contribution in [0.3, 0.4) is 0 Å². The van der Waals surface area contributed by atoms with Gasteiger partial charge in [-0.15, -0.1) is 6.42 Å². The Labute approximate surface area is 296 Å². The maximum Gasteiger partial charge on any atom is 0.407 e. The van der Waals surface area contributed by atoms with Gasteiger partial charge in [0.1, 0.15) is 12.4 Å². The van der Waals surface area contributed by atoms with Crippen LogP contribution < -0.4 is 26.3 Å². The van der Waals surface area contributed by atoms with Crippen LogP contribution in [0.4, 0.5) is 4.79 Å². The molecule has 0 spiro atoms. The third-order valence-electron chi connectivity index (χ3n) is 8.51. The highest BCUT2D eigenvalue weighted by Crippen LogP contribution is 2.33. The van der Waals surface area contributed by atoms with Gasteiger partial charge >= 0.3 is 14.6 Å². The van der Waals surface area contributed by atoms with Crippen LogP contribution in [-0.4, -0.2) is 94.5 Å². The molecule has 10 nitrogen and oxygen atoms in total. The highest BCUT2D eigenvalue weighted by atomic mass is 32.2. The Hall–Kier alpha value is -3.18. The average molecular weight is 710 g/mol. The van der Waals surface area contributed by atoms with Crippen molar-refractivity contribution >= 4 is 48.4 Å². The Balaban J connectivity index is 1.15. The van der Waals surface area contributed by atoms with Crippen molar-refractivity contribution in [2.75, 3.05) is 45.3 Å². The van der Waals surface area contributed by atoms with Crippen LogP contribution in [0.15, 0.2) is 60.7 Å². The standard InChI is InChI=1S/C37H51N3O7SSi/c1-4-22-44-25-26-46-49(30-16-7-5-8-17-30,31-18-9-6-10-19-31)47-37(2,3)28-38-34(42)21-24-45-23-13-15-29(41)14-11-12-20-33-35-32(27-48-33)39-36(43)40-35/h1,5-10,16-19,32-33,35H,11-15,20-28H2,2-3H3,(H,38,42)(H2,39,40,43)/t32-,33-,35-/m0/s1. The minimum absolute atomic E-state index is 0.0654. The van der Waals surface area contributed by atoms with Crippen LogP contribution in [0.25, 0.3) is 0 Å². The second-order valence-electron chi connectivity index (χ2n) is 13.0. The number of thioether (sulfide) groups is 1. The molecule has 4 rings (SSSR count). The molecule has 49 heavy (non-hydrogen) atoms. The first-order valence-electron chi connectivity index (χ1n) is 17.2. The number of ketones is 1. The molecule has 3 N–H and O–H groups in total. The van der Waals surface area contributed by atoms with Crippen LogP contribution in [0.5, 0.6) is 0 Å². The maximum absolute atomic E-state index is 12.7. The summed E-state index contributed by atoms with van der Waals surface area (Å²) in [6.07, 6.45) is 10.1. The molecule has 0 aliphatic carbocycles. The van der Waals surface area contributed by atoms with Gasteiger partial charge in [-0.25, -0.2) is 4.79 Å². The van der Waals surface area contributed by atoms with E-state index in [1.807, 2.05) is 86.3 Å². The van der Waals surface area contributed by atoms with E-state index in [-0.39, 0.29) is 56.0 Å². The summed E-state index contributed by atoms with van der Waals surface area (Å²) in [5, 5.41) is 11.3. The van der Waals surface area contributed by atoms with Crippen molar-refractivity contribution in [2.24, 2.45) is 0 Å². The third-order valence-corrected chi connectivity index (χ3v) is 13.7. The molecule has 2 aromatic carbocycles. The molecular formula is C37H51N3O7SSi. The fourth-order valence-corrected chi connectivity index (χ4v) is 11.1. The predicted octanol–water partition coefficient (Wildman–Crippen LogP) is 3.30. The summed E-state index contributed by atoms with van der Waals surface area (Å²) in [4.78, 5) is 36.6. The highest BCUT2D eigenvalue weighted by Gasteiger charge is 2.47. The predicted molar refractivity (Wildman–Crippen MR) is 195 cm³/mol. The lowest BCUT2D eigenvalue weighted by atomic mass is 10.0. The van der Waals surface area contributed by atoms with E-state index < -0.39 is 14.2 Å². The molecule has 0 bridgehead atoms. The minimum Gasteiger partial charge on any atom is -0.385 e. The lowest BCUT2D eigenvalue weighted by molar-refractivity contribution is -0.123. The molecule has 2 heterocycles. The first-order valence-corrected chi connectivity index (χ1v) is 20.1. The van der Waals surface area contributed by atoms with Gasteiger partial charge in [-0.3, -0.25) is 9.59 Å². The second kappa shape index (κ2) is 19.9. The molecular weight excluding hydrogens is 659 g/mol. The SMILES string of the molecule is C#CCOCCO[Si](OC(C)(C)CNC(=O)CCOCCCC(=O)CCCC[C@@H]1SC[C@@H]2NC(=O)N[C@@H]21)(c1ccccc1)c1ccccc1. The number of Topliss-reactive ketones (excluding diaryl/α,β-unsaturated/α-hetero) is 1. The quantitative estimate of drug-likeness (QED) is 0.0696. The van der Waals surface area contributed by atoms with E-state index in [2.05, 4.69) is 21.9 Å². The van der Waals surface area contributed by atoms with Gasteiger partial charge in [0.25, 0.3) is 0 Å². The number of nitrogens with one attached hydrogen (secondary N) is 3. The fraction of sp³-hybridized carbons (Fsp3) is 0.541. The number of carbonyl (C=O) groups is 3. The monoisotopic (exact) mass is 709 g/mol. The van der Waals surface area contributed by atoms with E-state index in [1.54, 1.807) is 0 Å². The van der Waals surface area contributed by atoms with Gasteiger partial charge in [0, 0.05) is 43.4 Å². The largest absolute Gasteiger partial charge is 0.407 e. The number of carbonyl (C=O) groups excluding carboxylic acids is 3. The zero-order chi connectivity index (χ0) is 35.0. The van der Waals surface area contributed by atoms with Gasteiger partial charge in [0.05, 0.1) is 37.5 Å². The number of amides is 3. The molecule has 266 valence electrons. The number of hydrogen-bond acceptors (Lipinski definition) is 8. The summed E-state index contributed by atoms with van der Waals surface area (Å²) in [6.45, 7) is 5.71. The molecule has 0 aromatic heterocycles. The lowest BCUT2D eigenvalue weighted by Gasteiger charge is -2.39. The van der Waals surface area contributed by atoms with Crippen molar-refractivity contribution in [3.63, 3.8) is 0 Å². The number of benzene rings is 2. The summed E-state index contributed by atoms with van der Waals surface area (Å²) in [5.74, 6) is 3.53. The van der Waals surface area contributed by atoms with Gasteiger partial charge < -0.3 is 34.3 Å².